The number of hydrogen-bond acceptors (Lipinski definition) is 3. The van der Waals surface area contributed by atoms with Crippen LogP contribution in [0.2, 0.25) is 0 Å². The second-order valence-corrected chi connectivity index (χ2v) is 6.71. The Balaban J connectivity index is 2.05. The first-order valence-corrected chi connectivity index (χ1v) is 8.20. The highest BCUT2D eigenvalue weighted by Crippen LogP contribution is 2.34. The zero-order valence-corrected chi connectivity index (χ0v) is 13.2. The van der Waals surface area contributed by atoms with Crippen LogP contribution in [0.25, 0.3) is 0 Å². The lowest BCUT2D eigenvalue weighted by atomic mass is 9.76. The predicted molar refractivity (Wildman–Crippen MR) is 80.4 cm³/mol. The summed E-state index contributed by atoms with van der Waals surface area (Å²) in [6.45, 7) is 13.3. The Bertz CT molecular complexity index is 269. The van der Waals surface area contributed by atoms with Crippen LogP contribution < -0.4 is 5.32 Å². The molecule has 1 heterocycles. The first kappa shape index (κ1) is 15.3. The highest BCUT2D eigenvalue weighted by molar-refractivity contribution is 4.94. The van der Waals surface area contributed by atoms with Crippen molar-refractivity contribution in [2.24, 2.45) is 11.8 Å². The van der Waals surface area contributed by atoms with E-state index in [0.717, 1.165) is 38.1 Å². The summed E-state index contributed by atoms with van der Waals surface area (Å²) in [7, 11) is 0. The molecule has 2 rings (SSSR count). The van der Waals surface area contributed by atoms with Crippen molar-refractivity contribution in [1.29, 1.82) is 0 Å². The minimum absolute atomic E-state index is 0.575. The third kappa shape index (κ3) is 3.71. The summed E-state index contributed by atoms with van der Waals surface area (Å²) in [6.07, 6.45) is 4.09. The van der Waals surface area contributed by atoms with E-state index in [9.17, 15) is 0 Å². The Morgan fingerprint density at radius 1 is 1.32 bits per heavy atom. The summed E-state index contributed by atoms with van der Waals surface area (Å²) in [5.74, 6) is 1.72. The van der Waals surface area contributed by atoms with Crippen molar-refractivity contribution in [3.05, 3.63) is 0 Å². The summed E-state index contributed by atoms with van der Waals surface area (Å²) in [4.78, 5) is 2.71. The van der Waals surface area contributed by atoms with Crippen molar-refractivity contribution in [2.75, 3.05) is 26.3 Å². The predicted octanol–water partition coefficient (Wildman–Crippen LogP) is 2.51. The van der Waals surface area contributed by atoms with Crippen LogP contribution in [-0.4, -0.2) is 49.3 Å². The molecule has 2 fully saturated rings. The number of morpholine rings is 1. The van der Waals surface area contributed by atoms with Gasteiger partial charge in [-0.2, -0.15) is 0 Å². The molecule has 0 aromatic heterocycles. The second-order valence-electron chi connectivity index (χ2n) is 6.71. The van der Waals surface area contributed by atoms with Gasteiger partial charge in [0.15, 0.2) is 0 Å². The van der Waals surface area contributed by atoms with Gasteiger partial charge in [0.1, 0.15) is 0 Å². The average Bonchev–Trinajstić information content (AvgIpc) is 2.40. The largest absolute Gasteiger partial charge is 0.379 e. The smallest absolute Gasteiger partial charge is 0.0619 e. The topological polar surface area (TPSA) is 24.5 Å². The summed E-state index contributed by atoms with van der Waals surface area (Å²) in [6, 6.07) is 1.96. The molecule has 19 heavy (non-hydrogen) atoms. The molecule has 3 heteroatoms. The first-order chi connectivity index (χ1) is 9.13. The van der Waals surface area contributed by atoms with Crippen molar-refractivity contribution in [2.45, 2.75) is 65.1 Å². The number of hydrogen-bond donors (Lipinski definition) is 1. The van der Waals surface area contributed by atoms with Crippen molar-refractivity contribution < 1.29 is 4.74 Å². The van der Waals surface area contributed by atoms with Crippen LogP contribution in [0.1, 0.15) is 47.0 Å². The van der Waals surface area contributed by atoms with E-state index in [4.69, 9.17) is 4.74 Å². The van der Waals surface area contributed by atoms with Gasteiger partial charge in [-0.05, 0) is 44.6 Å². The normalized spacial score (nSPS) is 37.7. The quantitative estimate of drug-likeness (QED) is 0.848. The van der Waals surface area contributed by atoms with E-state index in [0.29, 0.717) is 18.1 Å². The highest BCUT2D eigenvalue weighted by Gasteiger charge is 2.37. The molecule has 1 saturated heterocycles. The molecule has 2 aliphatic rings. The molecule has 3 nitrogen and oxygen atoms in total. The third-order valence-electron chi connectivity index (χ3n) is 5.11. The van der Waals surface area contributed by atoms with Crippen molar-refractivity contribution in [3.63, 3.8) is 0 Å². The first-order valence-electron chi connectivity index (χ1n) is 8.20. The van der Waals surface area contributed by atoms with Gasteiger partial charge < -0.3 is 10.1 Å². The molecule has 1 aliphatic heterocycles. The number of nitrogens with zero attached hydrogens (tertiary/aromatic N) is 1. The lowest BCUT2D eigenvalue weighted by molar-refractivity contribution is -0.0445. The Morgan fingerprint density at radius 2 is 2.11 bits per heavy atom. The van der Waals surface area contributed by atoms with Crippen LogP contribution in [0, 0.1) is 11.8 Å². The van der Waals surface area contributed by atoms with Crippen molar-refractivity contribution in [3.8, 4) is 0 Å². The maximum Gasteiger partial charge on any atom is 0.0619 e. The van der Waals surface area contributed by atoms with Gasteiger partial charge in [0.05, 0.1) is 13.2 Å². The minimum Gasteiger partial charge on any atom is -0.379 e. The zero-order valence-electron chi connectivity index (χ0n) is 13.2. The fourth-order valence-corrected chi connectivity index (χ4v) is 3.88. The molecular weight excluding hydrogens is 236 g/mol. The maximum absolute atomic E-state index is 5.61. The number of nitrogens with one attached hydrogen (secondary N) is 1. The van der Waals surface area contributed by atoms with Crippen LogP contribution in [0.4, 0.5) is 0 Å². The lowest BCUT2D eigenvalue weighted by Gasteiger charge is -2.47. The SMILES string of the molecule is CCNC1CCC(C(C)C)CC1N1CCOCC1C. The molecule has 0 spiro atoms. The van der Waals surface area contributed by atoms with Crippen molar-refractivity contribution >= 4 is 0 Å². The summed E-state index contributed by atoms with van der Waals surface area (Å²) < 4.78 is 5.61. The average molecular weight is 268 g/mol. The Labute approximate surface area is 119 Å². The fraction of sp³-hybridized carbons (Fsp3) is 1.00. The third-order valence-corrected chi connectivity index (χ3v) is 5.11. The Hall–Kier alpha value is -0.120. The molecule has 112 valence electrons. The van der Waals surface area contributed by atoms with Crippen LogP contribution >= 0.6 is 0 Å². The molecule has 1 N–H and O–H groups in total. The van der Waals surface area contributed by atoms with Crippen molar-refractivity contribution in [1.82, 2.24) is 10.2 Å². The van der Waals surface area contributed by atoms with E-state index in [2.05, 4.69) is 37.9 Å². The minimum atomic E-state index is 0.575. The molecule has 0 aromatic rings. The van der Waals surface area contributed by atoms with Gasteiger partial charge in [-0.1, -0.05) is 20.8 Å². The van der Waals surface area contributed by atoms with Gasteiger partial charge in [-0.25, -0.2) is 0 Å². The fourth-order valence-electron chi connectivity index (χ4n) is 3.88. The monoisotopic (exact) mass is 268 g/mol. The molecule has 0 bridgehead atoms. The van der Waals surface area contributed by atoms with Gasteiger partial charge in [0.25, 0.3) is 0 Å². The van der Waals surface area contributed by atoms with E-state index >= 15 is 0 Å². The van der Waals surface area contributed by atoms with Gasteiger partial charge in [-0.15, -0.1) is 0 Å². The van der Waals surface area contributed by atoms with E-state index in [1.54, 1.807) is 0 Å². The summed E-state index contributed by atoms with van der Waals surface area (Å²) in [5.41, 5.74) is 0. The Morgan fingerprint density at radius 3 is 2.74 bits per heavy atom. The molecule has 4 atom stereocenters. The highest BCUT2D eigenvalue weighted by atomic mass is 16.5. The molecule has 1 aliphatic carbocycles. The molecule has 4 unspecified atom stereocenters. The van der Waals surface area contributed by atoms with Crippen LogP contribution in [0.3, 0.4) is 0 Å². The number of ether oxygens (including phenoxy) is 1. The van der Waals surface area contributed by atoms with E-state index in [-0.39, 0.29) is 0 Å². The van der Waals surface area contributed by atoms with E-state index in [1.807, 2.05) is 0 Å². The number of rotatable bonds is 4. The second kappa shape index (κ2) is 7.05. The molecule has 0 amide bonds. The molecule has 0 aromatic carbocycles. The lowest BCUT2D eigenvalue weighted by Crippen LogP contribution is -2.59. The molecule has 1 saturated carbocycles. The maximum atomic E-state index is 5.61. The van der Waals surface area contributed by atoms with Gasteiger partial charge in [0.2, 0.25) is 0 Å². The van der Waals surface area contributed by atoms with Gasteiger partial charge in [-0.3, -0.25) is 4.90 Å². The molecule has 0 radical (unpaired) electrons. The van der Waals surface area contributed by atoms with Crippen LogP contribution in [0.5, 0.6) is 0 Å². The van der Waals surface area contributed by atoms with Gasteiger partial charge in [0, 0.05) is 24.7 Å². The standard InChI is InChI=1S/C16H32N2O/c1-5-17-15-7-6-14(12(2)3)10-16(15)18-8-9-19-11-13(18)4/h12-17H,5-11H2,1-4H3. The number of likely N-dealkylation sites (N-methyl/N-ethyl adjacent to an activating group) is 1. The van der Waals surface area contributed by atoms with Crippen LogP contribution in [0.15, 0.2) is 0 Å². The van der Waals surface area contributed by atoms with E-state index < -0.39 is 0 Å². The van der Waals surface area contributed by atoms with Gasteiger partial charge >= 0.3 is 0 Å². The van der Waals surface area contributed by atoms with Crippen LogP contribution in [-0.2, 0) is 4.74 Å². The Kier molecular flexibility index (Phi) is 5.67. The summed E-state index contributed by atoms with van der Waals surface area (Å²) >= 11 is 0. The zero-order chi connectivity index (χ0) is 13.8. The molecular formula is C16H32N2O. The van der Waals surface area contributed by atoms with E-state index in [1.165, 1.54) is 19.3 Å². The summed E-state index contributed by atoms with van der Waals surface area (Å²) in [5, 5.41) is 3.73.